The number of fused-ring (bicyclic) bond motifs is 2. The van der Waals surface area contributed by atoms with E-state index in [-0.39, 0.29) is 17.9 Å². The van der Waals surface area contributed by atoms with Crippen LogP contribution in [0.25, 0.3) is 11.1 Å². The van der Waals surface area contributed by atoms with Crippen LogP contribution in [0.15, 0.2) is 35.0 Å². The Hall–Kier alpha value is -3.22. The Kier molecular flexibility index (Phi) is 3.49. The van der Waals surface area contributed by atoms with Gasteiger partial charge in [0.1, 0.15) is 0 Å². The molecule has 0 bridgehead atoms. The molecule has 4 rings (SSSR count). The molecule has 0 spiro atoms. The highest BCUT2D eigenvalue weighted by molar-refractivity contribution is 5.99. The number of aromatic nitrogens is 2. The number of carbonyl (C=O) groups excluding carboxylic acids is 2. The summed E-state index contributed by atoms with van der Waals surface area (Å²) in [7, 11) is 0. The third kappa shape index (κ3) is 2.73. The minimum absolute atomic E-state index is 0.00712. The van der Waals surface area contributed by atoms with E-state index in [1.807, 2.05) is 25.1 Å². The third-order valence-corrected chi connectivity index (χ3v) is 4.37. The lowest BCUT2D eigenvalue weighted by Gasteiger charge is -2.15. The van der Waals surface area contributed by atoms with Gasteiger partial charge in [-0.1, -0.05) is 17.3 Å². The zero-order valence-electron chi connectivity index (χ0n) is 13.8. The molecule has 0 fully saturated rings. The number of pyridine rings is 1. The fourth-order valence-corrected chi connectivity index (χ4v) is 2.95. The van der Waals surface area contributed by atoms with Crippen LogP contribution in [0.2, 0.25) is 0 Å². The predicted molar refractivity (Wildman–Crippen MR) is 91.2 cm³/mol. The molecule has 0 saturated carbocycles. The van der Waals surface area contributed by atoms with E-state index in [0.29, 0.717) is 23.4 Å². The van der Waals surface area contributed by atoms with Gasteiger partial charge in [-0.25, -0.2) is 4.98 Å². The molecule has 3 heterocycles. The maximum Gasteiger partial charge on any atom is 0.257 e. The number of hydrogen-bond donors (Lipinski definition) is 2. The average molecular weight is 336 g/mol. The highest BCUT2D eigenvalue weighted by Gasteiger charge is 2.20. The SMILES string of the molecule is Cc1noc2ncc(C(=O)N[C@H](C)c3ccc4c(c3)CC(=O)N4)cc12. The van der Waals surface area contributed by atoms with Gasteiger partial charge in [0.2, 0.25) is 5.91 Å². The van der Waals surface area contributed by atoms with Crippen molar-refractivity contribution in [3.8, 4) is 0 Å². The Balaban J connectivity index is 1.54. The number of anilines is 1. The monoisotopic (exact) mass is 336 g/mol. The molecule has 0 aliphatic carbocycles. The Morgan fingerprint density at radius 1 is 1.36 bits per heavy atom. The van der Waals surface area contributed by atoms with Gasteiger partial charge in [-0.3, -0.25) is 9.59 Å². The van der Waals surface area contributed by atoms with Crippen molar-refractivity contribution in [3.05, 3.63) is 52.8 Å². The molecule has 0 saturated heterocycles. The number of rotatable bonds is 3. The first-order valence-corrected chi connectivity index (χ1v) is 7.97. The van der Waals surface area contributed by atoms with E-state index in [9.17, 15) is 9.59 Å². The minimum Gasteiger partial charge on any atom is -0.345 e. The minimum atomic E-state index is -0.225. The summed E-state index contributed by atoms with van der Waals surface area (Å²) in [5, 5.41) is 10.3. The van der Waals surface area contributed by atoms with Gasteiger partial charge in [0, 0.05) is 11.9 Å². The Labute approximate surface area is 143 Å². The van der Waals surface area contributed by atoms with E-state index in [4.69, 9.17) is 4.52 Å². The van der Waals surface area contributed by atoms with Crippen LogP contribution < -0.4 is 10.6 Å². The molecular weight excluding hydrogens is 320 g/mol. The van der Waals surface area contributed by atoms with Crippen molar-refractivity contribution in [2.24, 2.45) is 0 Å². The molecule has 2 N–H and O–H groups in total. The maximum atomic E-state index is 12.5. The summed E-state index contributed by atoms with van der Waals surface area (Å²) >= 11 is 0. The van der Waals surface area contributed by atoms with Gasteiger partial charge in [-0.15, -0.1) is 0 Å². The van der Waals surface area contributed by atoms with E-state index in [0.717, 1.165) is 22.2 Å². The Morgan fingerprint density at radius 3 is 3.04 bits per heavy atom. The summed E-state index contributed by atoms with van der Waals surface area (Å²) in [4.78, 5) is 28.1. The first-order valence-electron chi connectivity index (χ1n) is 7.97. The van der Waals surface area contributed by atoms with Crippen LogP contribution >= 0.6 is 0 Å². The van der Waals surface area contributed by atoms with E-state index in [2.05, 4.69) is 20.8 Å². The van der Waals surface area contributed by atoms with Crippen LogP contribution in [-0.2, 0) is 11.2 Å². The molecule has 1 aliphatic rings. The van der Waals surface area contributed by atoms with Crippen molar-refractivity contribution in [3.63, 3.8) is 0 Å². The number of amides is 2. The van der Waals surface area contributed by atoms with Crippen LogP contribution in [0.4, 0.5) is 5.69 Å². The quantitative estimate of drug-likeness (QED) is 0.766. The number of nitrogens with one attached hydrogen (secondary N) is 2. The highest BCUT2D eigenvalue weighted by Crippen LogP contribution is 2.26. The average Bonchev–Trinajstić information content (AvgIpc) is 3.15. The van der Waals surface area contributed by atoms with Gasteiger partial charge < -0.3 is 15.2 Å². The van der Waals surface area contributed by atoms with E-state index in [1.165, 1.54) is 6.20 Å². The Morgan fingerprint density at radius 2 is 2.20 bits per heavy atom. The number of carbonyl (C=O) groups is 2. The lowest BCUT2D eigenvalue weighted by Crippen LogP contribution is -2.26. The molecule has 2 aromatic heterocycles. The van der Waals surface area contributed by atoms with Crippen molar-refractivity contribution < 1.29 is 14.1 Å². The molecule has 2 amide bonds. The number of hydrogen-bond acceptors (Lipinski definition) is 5. The molecule has 1 aliphatic heterocycles. The summed E-state index contributed by atoms with van der Waals surface area (Å²) < 4.78 is 5.06. The van der Waals surface area contributed by atoms with Gasteiger partial charge in [-0.2, -0.15) is 0 Å². The summed E-state index contributed by atoms with van der Waals surface area (Å²) in [5.74, 6) is -0.232. The van der Waals surface area contributed by atoms with Crippen molar-refractivity contribution in [2.45, 2.75) is 26.3 Å². The second-order valence-corrected chi connectivity index (χ2v) is 6.18. The summed E-state index contributed by atoms with van der Waals surface area (Å²) in [6.45, 7) is 3.71. The third-order valence-electron chi connectivity index (χ3n) is 4.37. The standard InChI is InChI=1S/C18H16N4O3/c1-9(11-3-4-15-12(5-11)7-16(23)21-15)20-17(24)13-6-14-10(2)22-25-18(14)19-8-13/h3-6,8-9H,7H2,1-2H3,(H,20,24)(H,21,23)/t9-/m1/s1. The summed E-state index contributed by atoms with van der Waals surface area (Å²) in [6, 6.07) is 7.24. The number of aryl methyl sites for hydroxylation is 1. The number of nitrogens with zero attached hydrogens (tertiary/aromatic N) is 2. The molecular formula is C18H16N4O3. The number of benzene rings is 1. The van der Waals surface area contributed by atoms with Crippen molar-refractivity contribution in [2.75, 3.05) is 5.32 Å². The van der Waals surface area contributed by atoms with E-state index < -0.39 is 0 Å². The first kappa shape index (κ1) is 15.3. The van der Waals surface area contributed by atoms with Gasteiger partial charge in [0.15, 0.2) is 0 Å². The molecule has 7 nitrogen and oxygen atoms in total. The highest BCUT2D eigenvalue weighted by atomic mass is 16.5. The molecule has 7 heteroatoms. The molecule has 0 unspecified atom stereocenters. The van der Waals surface area contributed by atoms with Crippen LogP contribution in [0.5, 0.6) is 0 Å². The van der Waals surface area contributed by atoms with Gasteiger partial charge in [0.25, 0.3) is 11.6 Å². The molecule has 3 aromatic rings. The van der Waals surface area contributed by atoms with Crippen molar-refractivity contribution in [1.82, 2.24) is 15.5 Å². The molecule has 126 valence electrons. The van der Waals surface area contributed by atoms with Crippen LogP contribution in [-0.4, -0.2) is 22.0 Å². The predicted octanol–water partition coefficient (Wildman–Crippen LogP) is 2.52. The van der Waals surface area contributed by atoms with Gasteiger partial charge in [0.05, 0.1) is 29.1 Å². The zero-order chi connectivity index (χ0) is 17.6. The van der Waals surface area contributed by atoms with Gasteiger partial charge >= 0.3 is 0 Å². The van der Waals surface area contributed by atoms with Crippen LogP contribution in [0.3, 0.4) is 0 Å². The normalized spacial score (nSPS) is 14.2. The fourth-order valence-electron chi connectivity index (χ4n) is 2.95. The topological polar surface area (TPSA) is 97.1 Å². The first-order chi connectivity index (χ1) is 12.0. The maximum absolute atomic E-state index is 12.5. The smallest absolute Gasteiger partial charge is 0.257 e. The van der Waals surface area contributed by atoms with Crippen LogP contribution in [0, 0.1) is 6.92 Å². The molecule has 1 aromatic carbocycles. The van der Waals surface area contributed by atoms with E-state index in [1.54, 1.807) is 13.0 Å². The second kappa shape index (κ2) is 5.70. The lowest BCUT2D eigenvalue weighted by molar-refractivity contribution is -0.115. The van der Waals surface area contributed by atoms with Crippen molar-refractivity contribution in [1.29, 1.82) is 0 Å². The molecule has 1 atom stereocenters. The Bertz CT molecular complexity index is 1010. The lowest BCUT2D eigenvalue weighted by atomic mass is 10.0. The van der Waals surface area contributed by atoms with Crippen LogP contribution in [0.1, 0.15) is 40.1 Å². The van der Waals surface area contributed by atoms with E-state index >= 15 is 0 Å². The van der Waals surface area contributed by atoms with Gasteiger partial charge in [-0.05, 0) is 37.1 Å². The molecule has 0 radical (unpaired) electrons. The summed E-state index contributed by atoms with van der Waals surface area (Å²) in [6.07, 6.45) is 1.84. The molecule has 25 heavy (non-hydrogen) atoms. The second-order valence-electron chi connectivity index (χ2n) is 6.18. The zero-order valence-corrected chi connectivity index (χ0v) is 13.8. The van der Waals surface area contributed by atoms with Crippen molar-refractivity contribution >= 4 is 28.6 Å². The largest absolute Gasteiger partial charge is 0.345 e. The fraction of sp³-hybridized carbons (Fsp3) is 0.222. The summed E-state index contributed by atoms with van der Waals surface area (Å²) in [5.41, 5.74) is 4.29.